The third kappa shape index (κ3) is 3.43. The summed E-state index contributed by atoms with van der Waals surface area (Å²) in [5.74, 6) is 0. The number of nitrogens with zero attached hydrogens (tertiary/aromatic N) is 4. The summed E-state index contributed by atoms with van der Waals surface area (Å²) in [7, 11) is 1.70. The number of nitrogens with one attached hydrogen (secondary N) is 1. The lowest BCUT2D eigenvalue weighted by atomic mass is 10.0. The molecule has 4 rings (SSSR count). The molecule has 0 saturated carbocycles. The van der Waals surface area contributed by atoms with Gasteiger partial charge in [-0.15, -0.1) is 0 Å². The van der Waals surface area contributed by atoms with Crippen molar-refractivity contribution in [3.8, 4) is 5.69 Å². The SMILES string of the molecule is COCCN1C(=S)N[C@H](c2ccccn2)[C@H]1c1cccn1-c1cccnc1. The Morgan fingerprint density at radius 3 is 2.81 bits per heavy atom. The minimum Gasteiger partial charge on any atom is -0.383 e. The monoisotopic (exact) mass is 379 g/mol. The van der Waals surface area contributed by atoms with Crippen LogP contribution in [0, 0.1) is 0 Å². The Hall–Kier alpha value is -2.77. The molecule has 1 N–H and O–H groups in total. The first kappa shape index (κ1) is 17.6. The van der Waals surface area contributed by atoms with Crippen molar-refractivity contribution in [3.63, 3.8) is 0 Å². The molecule has 0 radical (unpaired) electrons. The number of aromatic nitrogens is 3. The third-order valence-electron chi connectivity index (χ3n) is 4.74. The molecular weight excluding hydrogens is 358 g/mol. The maximum atomic E-state index is 5.65. The molecule has 1 saturated heterocycles. The molecule has 0 aliphatic carbocycles. The predicted octanol–water partition coefficient (Wildman–Crippen LogP) is 2.89. The Kier molecular flexibility index (Phi) is 5.13. The molecule has 3 aromatic heterocycles. The minimum absolute atomic E-state index is 0.00208. The van der Waals surface area contributed by atoms with Crippen molar-refractivity contribution in [1.82, 2.24) is 24.8 Å². The van der Waals surface area contributed by atoms with Crippen LogP contribution in [0.5, 0.6) is 0 Å². The van der Waals surface area contributed by atoms with Crippen molar-refractivity contribution in [2.45, 2.75) is 12.1 Å². The van der Waals surface area contributed by atoms with E-state index in [1.807, 2.05) is 48.8 Å². The van der Waals surface area contributed by atoms with E-state index in [2.05, 4.69) is 37.0 Å². The highest BCUT2D eigenvalue weighted by Gasteiger charge is 2.40. The van der Waals surface area contributed by atoms with Crippen LogP contribution >= 0.6 is 12.2 Å². The average Bonchev–Trinajstić information content (AvgIpc) is 3.32. The molecule has 0 aromatic carbocycles. The molecule has 4 heterocycles. The first-order valence-corrected chi connectivity index (χ1v) is 9.25. The topological polar surface area (TPSA) is 55.2 Å². The maximum Gasteiger partial charge on any atom is 0.170 e. The van der Waals surface area contributed by atoms with Gasteiger partial charge in [0.2, 0.25) is 0 Å². The number of ether oxygens (including phenoxy) is 1. The molecule has 0 amide bonds. The van der Waals surface area contributed by atoms with Gasteiger partial charge in [0.1, 0.15) is 0 Å². The highest BCUT2D eigenvalue weighted by Crippen LogP contribution is 2.39. The van der Waals surface area contributed by atoms with Crippen molar-refractivity contribution < 1.29 is 4.74 Å². The standard InChI is InChI=1S/C20H21N5OS/c1-26-13-12-25-19(18(23-20(25)27)16-7-2-3-10-22-16)17-8-5-11-24(17)15-6-4-9-21-14-15/h2-11,14,18-19H,12-13H2,1H3,(H,23,27)/t18-,19-/m1/s1. The number of rotatable bonds is 6. The fraction of sp³-hybridized carbons (Fsp3) is 0.250. The summed E-state index contributed by atoms with van der Waals surface area (Å²) in [5, 5.41) is 4.17. The minimum atomic E-state index is -0.0409. The van der Waals surface area contributed by atoms with E-state index in [9.17, 15) is 0 Å². The number of hydrogen-bond donors (Lipinski definition) is 1. The first-order chi connectivity index (χ1) is 13.3. The van der Waals surface area contributed by atoms with Gasteiger partial charge < -0.3 is 19.5 Å². The second-order valence-electron chi connectivity index (χ2n) is 6.33. The van der Waals surface area contributed by atoms with Gasteiger partial charge in [0, 0.05) is 37.9 Å². The predicted molar refractivity (Wildman–Crippen MR) is 108 cm³/mol. The van der Waals surface area contributed by atoms with Crippen LogP contribution in [0.3, 0.4) is 0 Å². The van der Waals surface area contributed by atoms with Crippen molar-refractivity contribution >= 4 is 17.3 Å². The van der Waals surface area contributed by atoms with E-state index in [0.29, 0.717) is 18.3 Å². The van der Waals surface area contributed by atoms with Crippen molar-refractivity contribution in [2.24, 2.45) is 0 Å². The van der Waals surface area contributed by atoms with Gasteiger partial charge in [0.05, 0.1) is 36.3 Å². The van der Waals surface area contributed by atoms with Crippen LogP contribution in [0.2, 0.25) is 0 Å². The fourth-order valence-electron chi connectivity index (χ4n) is 3.52. The number of pyridine rings is 2. The van der Waals surface area contributed by atoms with E-state index < -0.39 is 0 Å². The van der Waals surface area contributed by atoms with E-state index in [1.165, 1.54) is 0 Å². The molecule has 3 aromatic rings. The smallest absolute Gasteiger partial charge is 0.170 e. The normalized spacial score (nSPS) is 19.3. The number of hydrogen-bond acceptors (Lipinski definition) is 4. The van der Waals surface area contributed by atoms with Gasteiger partial charge in [-0.25, -0.2) is 0 Å². The first-order valence-electron chi connectivity index (χ1n) is 8.84. The van der Waals surface area contributed by atoms with Crippen LogP contribution in [-0.4, -0.2) is 44.8 Å². The summed E-state index contributed by atoms with van der Waals surface area (Å²) in [6, 6.07) is 14.1. The molecule has 27 heavy (non-hydrogen) atoms. The maximum absolute atomic E-state index is 5.65. The number of methoxy groups -OCH3 is 1. The van der Waals surface area contributed by atoms with E-state index >= 15 is 0 Å². The molecular formula is C20H21N5OS. The Bertz CT molecular complexity index is 899. The molecule has 0 spiro atoms. The number of thiocarbonyl (C=S) groups is 1. The quantitative estimate of drug-likeness (QED) is 0.665. The molecule has 6 nitrogen and oxygen atoms in total. The summed E-state index contributed by atoms with van der Waals surface area (Å²) in [6.07, 6.45) is 7.51. The molecule has 0 unspecified atom stereocenters. The summed E-state index contributed by atoms with van der Waals surface area (Å²) < 4.78 is 7.47. The molecule has 1 fully saturated rings. The van der Waals surface area contributed by atoms with E-state index in [-0.39, 0.29) is 12.1 Å². The Labute approximate surface area is 163 Å². The fourth-order valence-corrected chi connectivity index (χ4v) is 3.86. The highest BCUT2D eigenvalue weighted by molar-refractivity contribution is 7.80. The second-order valence-corrected chi connectivity index (χ2v) is 6.71. The summed E-state index contributed by atoms with van der Waals surface area (Å²) in [5.41, 5.74) is 3.10. The van der Waals surface area contributed by atoms with E-state index in [0.717, 1.165) is 17.1 Å². The van der Waals surface area contributed by atoms with E-state index in [4.69, 9.17) is 17.0 Å². The van der Waals surface area contributed by atoms with Crippen molar-refractivity contribution in [1.29, 1.82) is 0 Å². The zero-order valence-corrected chi connectivity index (χ0v) is 15.8. The lowest BCUT2D eigenvalue weighted by molar-refractivity contribution is 0.163. The Morgan fingerprint density at radius 2 is 2.07 bits per heavy atom. The van der Waals surface area contributed by atoms with Crippen LogP contribution in [0.25, 0.3) is 5.69 Å². The van der Waals surface area contributed by atoms with Crippen LogP contribution in [0.1, 0.15) is 23.5 Å². The second kappa shape index (κ2) is 7.85. The van der Waals surface area contributed by atoms with Gasteiger partial charge in [0.25, 0.3) is 0 Å². The van der Waals surface area contributed by atoms with Crippen LogP contribution in [-0.2, 0) is 4.74 Å². The molecule has 2 atom stereocenters. The van der Waals surface area contributed by atoms with Gasteiger partial charge >= 0.3 is 0 Å². The van der Waals surface area contributed by atoms with Crippen LogP contribution in [0.15, 0.2) is 67.3 Å². The van der Waals surface area contributed by atoms with E-state index in [1.54, 1.807) is 13.3 Å². The summed E-state index contributed by atoms with van der Waals surface area (Å²) in [4.78, 5) is 11.0. The Balaban J connectivity index is 1.78. The summed E-state index contributed by atoms with van der Waals surface area (Å²) in [6.45, 7) is 1.30. The van der Waals surface area contributed by atoms with Crippen molar-refractivity contribution in [2.75, 3.05) is 20.3 Å². The molecule has 138 valence electrons. The Morgan fingerprint density at radius 1 is 1.15 bits per heavy atom. The van der Waals surface area contributed by atoms with Crippen LogP contribution < -0.4 is 5.32 Å². The van der Waals surface area contributed by atoms with Gasteiger partial charge in [0.15, 0.2) is 5.11 Å². The van der Waals surface area contributed by atoms with Crippen molar-refractivity contribution in [3.05, 3.63) is 78.6 Å². The zero-order valence-electron chi connectivity index (χ0n) is 15.0. The summed E-state index contributed by atoms with van der Waals surface area (Å²) >= 11 is 5.65. The zero-order chi connectivity index (χ0) is 18.6. The van der Waals surface area contributed by atoms with Gasteiger partial charge in [-0.1, -0.05) is 6.07 Å². The molecule has 1 aliphatic heterocycles. The third-order valence-corrected chi connectivity index (χ3v) is 5.09. The van der Waals surface area contributed by atoms with Gasteiger partial charge in [-0.3, -0.25) is 9.97 Å². The lowest BCUT2D eigenvalue weighted by Gasteiger charge is -2.28. The molecule has 0 bridgehead atoms. The van der Waals surface area contributed by atoms with Gasteiger partial charge in [-0.2, -0.15) is 0 Å². The van der Waals surface area contributed by atoms with Gasteiger partial charge in [-0.05, 0) is 48.6 Å². The molecule has 7 heteroatoms. The molecule has 1 aliphatic rings. The largest absolute Gasteiger partial charge is 0.383 e. The highest BCUT2D eigenvalue weighted by atomic mass is 32.1. The lowest BCUT2D eigenvalue weighted by Crippen LogP contribution is -2.33. The average molecular weight is 379 g/mol. The van der Waals surface area contributed by atoms with Crippen LogP contribution in [0.4, 0.5) is 0 Å².